The van der Waals surface area contributed by atoms with Crippen LogP contribution in [0.1, 0.15) is 32.1 Å². The lowest BCUT2D eigenvalue weighted by Gasteiger charge is -2.28. The van der Waals surface area contributed by atoms with Crippen molar-refractivity contribution >= 4 is 11.3 Å². The van der Waals surface area contributed by atoms with Crippen molar-refractivity contribution in [2.45, 2.75) is 38.8 Å². The van der Waals surface area contributed by atoms with Gasteiger partial charge in [-0.3, -0.25) is 0 Å². The Hall–Kier alpha value is -0.420. The summed E-state index contributed by atoms with van der Waals surface area (Å²) in [6.45, 7) is 7.55. The molecular weight excluding hydrogens is 246 g/mol. The first-order chi connectivity index (χ1) is 8.47. The van der Waals surface area contributed by atoms with Crippen molar-refractivity contribution in [3.8, 4) is 0 Å². The van der Waals surface area contributed by atoms with E-state index in [1.807, 2.05) is 24.4 Å². The molecule has 0 spiro atoms. The van der Waals surface area contributed by atoms with Crippen LogP contribution in [-0.4, -0.2) is 31.4 Å². The van der Waals surface area contributed by atoms with Crippen LogP contribution in [-0.2, 0) is 10.3 Å². The maximum absolute atomic E-state index is 10.4. The molecule has 0 bridgehead atoms. The summed E-state index contributed by atoms with van der Waals surface area (Å²) < 4.78 is 5.13. The maximum atomic E-state index is 10.4. The van der Waals surface area contributed by atoms with E-state index in [0.29, 0.717) is 18.5 Å². The van der Waals surface area contributed by atoms with Gasteiger partial charge in [-0.2, -0.15) is 0 Å². The number of rotatable bonds is 8. The van der Waals surface area contributed by atoms with E-state index >= 15 is 0 Å². The number of methoxy groups -OCH3 is 1. The predicted molar refractivity (Wildman–Crippen MR) is 77.0 cm³/mol. The van der Waals surface area contributed by atoms with Crippen LogP contribution in [0.15, 0.2) is 17.5 Å². The first-order valence-corrected chi connectivity index (χ1v) is 7.34. The van der Waals surface area contributed by atoms with Crippen molar-refractivity contribution in [2.75, 3.05) is 20.3 Å². The molecule has 1 heterocycles. The highest BCUT2D eigenvalue weighted by Crippen LogP contribution is 2.24. The Labute approximate surface area is 114 Å². The summed E-state index contributed by atoms with van der Waals surface area (Å²) in [7, 11) is 1.72. The van der Waals surface area contributed by atoms with Crippen molar-refractivity contribution in [3.63, 3.8) is 0 Å². The van der Waals surface area contributed by atoms with Crippen molar-refractivity contribution in [1.29, 1.82) is 0 Å². The molecule has 0 amide bonds. The number of ether oxygens (including phenoxy) is 1. The van der Waals surface area contributed by atoms with Crippen LogP contribution < -0.4 is 5.32 Å². The summed E-state index contributed by atoms with van der Waals surface area (Å²) in [5, 5.41) is 15.9. The Morgan fingerprint density at radius 3 is 2.72 bits per heavy atom. The van der Waals surface area contributed by atoms with Crippen molar-refractivity contribution < 1.29 is 9.84 Å². The molecule has 3 nitrogen and oxygen atoms in total. The van der Waals surface area contributed by atoms with Crippen molar-refractivity contribution in [3.05, 3.63) is 22.4 Å². The van der Waals surface area contributed by atoms with Gasteiger partial charge in [0.2, 0.25) is 0 Å². The van der Waals surface area contributed by atoms with Crippen molar-refractivity contribution in [1.82, 2.24) is 5.32 Å². The van der Waals surface area contributed by atoms with E-state index in [1.54, 1.807) is 18.4 Å². The zero-order valence-corrected chi connectivity index (χ0v) is 12.6. The summed E-state index contributed by atoms with van der Waals surface area (Å²) in [6.07, 6.45) is 0.967. The van der Waals surface area contributed by atoms with Gasteiger partial charge in [-0.15, -0.1) is 11.3 Å². The molecule has 1 rings (SSSR count). The number of aliphatic hydroxyl groups is 1. The lowest BCUT2D eigenvalue weighted by molar-refractivity contribution is 0.0533. The van der Waals surface area contributed by atoms with Gasteiger partial charge < -0.3 is 15.2 Å². The third-order valence-electron chi connectivity index (χ3n) is 3.20. The van der Waals surface area contributed by atoms with Gasteiger partial charge in [0.05, 0.1) is 0 Å². The maximum Gasteiger partial charge on any atom is 0.108 e. The first-order valence-electron chi connectivity index (χ1n) is 6.46. The van der Waals surface area contributed by atoms with Crippen LogP contribution in [0.4, 0.5) is 0 Å². The molecule has 2 unspecified atom stereocenters. The number of hydrogen-bond donors (Lipinski definition) is 2. The lowest BCUT2D eigenvalue weighted by atomic mass is 9.99. The van der Waals surface area contributed by atoms with E-state index in [-0.39, 0.29) is 0 Å². The fraction of sp³-hybridized carbons (Fsp3) is 0.714. The second kappa shape index (κ2) is 7.24. The van der Waals surface area contributed by atoms with Crippen LogP contribution in [0.3, 0.4) is 0 Å². The molecule has 2 atom stereocenters. The van der Waals surface area contributed by atoms with E-state index in [9.17, 15) is 5.11 Å². The number of hydrogen-bond acceptors (Lipinski definition) is 4. The average Bonchev–Trinajstić information content (AvgIpc) is 2.82. The monoisotopic (exact) mass is 271 g/mol. The second-order valence-corrected chi connectivity index (χ2v) is 6.21. The molecule has 18 heavy (non-hydrogen) atoms. The molecular formula is C14H25NO2S. The fourth-order valence-electron chi connectivity index (χ4n) is 1.92. The van der Waals surface area contributed by atoms with Gasteiger partial charge >= 0.3 is 0 Å². The van der Waals surface area contributed by atoms with Crippen LogP contribution in [0.2, 0.25) is 0 Å². The Bertz CT molecular complexity index is 323. The van der Waals surface area contributed by atoms with E-state index in [0.717, 1.165) is 17.9 Å². The van der Waals surface area contributed by atoms with Crippen LogP contribution in [0.25, 0.3) is 0 Å². The highest BCUT2D eigenvalue weighted by atomic mass is 32.1. The number of nitrogens with one attached hydrogen (secondary N) is 1. The normalized spacial score (nSPS) is 16.8. The van der Waals surface area contributed by atoms with E-state index in [2.05, 4.69) is 19.2 Å². The third-order valence-corrected chi connectivity index (χ3v) is 4.32. The third kappa shape index (κ3) is 4.69. The minimum Gasteiger partial charge on any atom is -0.385 e. The zero-order chi connectivity index (χ0) is 13.6. The minimum absolute atomic E-state index is 0.372. The molecule has 0 aliphatic rings. The summed E-state index contributed by atoms with van der Waals surface area (Å²) in [6, 6.07) is 4.32. The van der Waals surface area contributed by atoms with E-state index in [4.69, 9.17) is 4.74 Å². The molecule has 0 saturated heterocycles. The van der Waals surface area contributed by atoms with Gasteiger partial charge in [0.25, 0.3) is 0 Å². The zero-order valence-electron chi connectivity index (χ0n) is 11.8. The molecule has 2 N–H and O–H groups in total. The van der Waals surface area contributed by atoms with Gasteiger partial charge in [-0.05, 0) is 30.7 Å². The topological polar surface area (TPSA) is 41.5 Å². The van der Waals surface area contributed by atoms with Gasteiger partial charge in [0.1, 0.15) is 5.60 Å². The molecule has 4 heteroatoms. The Kier molecular flexibility index (Phi) is 6.29. The summed E-state index contributed by atoms with van der Waals surface area (Å²) in [5.41, 5.74) is -0.797. The second-order valence-electron chi connectivity index (χ2n) is 5.26. The minimum atomic E-state index is -0.797. The smallest absolute Gasteiger partial charge is 0.108 e. The Balaban J connectivity index is 2.50. The lowest BCUT2D eigenvalue weighted by Crippen LogP contribution is -2.43. The summed E-state index contributed by atoms with van der Waals surface area (Å²) in [5.74, 6) is 0.527. The molecule has 0 aliphatic carbocycles. The van der Waals surface area contributed by atoms with E-state index in [1.165, 1.54) is 0 Å². The molecule has 1 aromatic rings. The molecule has 0 aromatic carbocycles. The standard InChI is InChI=1S/C14H25NO2S/c1-11(2)12(7-8-17-4)15-10-14(3,16)13-6-5-9-18-13/h5-6,9,11-12,15-16H,7-8,10H2,1-4H3. The van der Waals surface area contributed by atoms with Crippen LogP contribution in [0.5, 0.6) is 0 Å². The van der Waals surface area contributed by atoms with Crippen molar-refractivity contribution in [2.24, 2.45) is 5.92 Å². The van der Waals surface area contributed by atoms with Crippen LogP contribution in [0, 0.1) is 5.92 Å². The number of thiophene rings is 1. The predicted octanol–water partition coefficient (Wildman–Crippen LogP) is 2.61. The first kappa shape index (κ1) is 15.6. The average molecular weight is 271 g/mol. The Morgan fingerprint density at radius 2 is 2.22 bits per heavy atom. The van der Waals surface area contributed by atoms with Gasteiger partial charge in [-0.25, -0.2) is 0 Å². The Morgan fingerprint density at radius 1 is 1.50 bits per heavy atom. The van der Waals surface area contributed by atoms with Gasteiger partial charge in [-0.1, -0.05) is 19.9 Å². The molecule has 104 valence electrons. The molecule has 1 aromatic heterocycles. The quantitative estimate of drug-likeness (QED) is 0.763. The summed E-state index contributed by atoms with van der Waals surface area (Å²) in [4.78, 5) is 1.00. The molecule has 0 saturated carbocycles. The van der Waals surface area contributed by atoms with Gasteiger partial charge in [0, 0.05) is 31.2 Å². The fourth-order valence-corrected chi connectivity index (χ4v) is 2.70. The largest absolute Gasteiger partial charge is 0.385 e. The summed E-state index contributed by atoms with van der Waals surface area (Å²) >= 11 is 1.59. The highest BCUT2D eigenvalue weighted by Gasteiger charge is 2.25. The van der Waals surface area contributed by atoms with E-state index < -0.39 is 5.60 Å². The van der Waals surface area contributed by atoms with Gasteiger partial charge in [0.15, 0.2) is 0 Å². The molecule has 0 aliphatic heterocycles. The highest BCUT2D eigenvalue weighted by molar-refractivity contribution is 7.10. The molecule has 0 fully saturated rings. The molecule has 0 radical (unpaired) electrons. The van der Waals surface area contributed by atoms with Crippen LogP contribution >= 0.6 is 11.3 Å². The SMILES string of the molecule is COCCC(NCC(C)(O)c1cccs1)C(C)C.